The maximum absolute atomic E-state index is 3.74. The van der Waals surface area contributed by atoms with Gasteiger partial charge in [-0.2, -0.15) is 0 Å². The minimum atomic E-state index is 0.685. The molecule has 2 heteroatoms. The Kier molecular flexibility index (Phi) is 2.50. The summed E-state index contributed by atoms with van der Waals surface area (Å²) in [7, 11) is 0. The van der Waals surface area contributed by atoms with Crippen LogP contribution in [0.1, 0.15) is 31.2 Å². The predicted octanol–water partition coefficient (Wildman–Crippen LogP) is 3.39. The Labute approximate surface area is 97.4 Å². The molecule has 0 spiro atoms. The van der Waals surface area contributed by atoms with Crippen molar-refractivity contribution in [1.29, 1.82) is 0 Å². The van der Waals surface area contributed by atoms with Crippen molar-refractivity contribution >= 4 is 11.4 Å². The SMILES string of the molecule is Cc1cccc2c1NCC1CCCCC1N2. The summed E-state index contributed by atoms with van der Waals surface area (Å²) >= 11 is 0. The molecule has 86 valence electrons. The third-order valence-electron chi connectivity index (χ3n) is 4.06. The highest BCUT2D eigenvalue weighted by molar-refractivity contribution is 5.73. The van der Waals surface area contributed by atoms with E-state index >= 15 is 0 Å². The highest BCUT2D eigenvalue weighted by Gasteiger charge is 2.28. The number of fused-ring (bicyclic) bond motifs is 2. The summed E-state index contributed by atoms with van der Waals surface area (Å²) in [6, 6.07) is 7.21. The van der Waals surface area contributed by atoms with Crippen LogP contribution in [0.25, 0.3) is 0 Å². The summed E-state index contributed by atoms with van der Waals surface area (Å²) in [4.78, 5) is 0. The second-order valence-corrected chi connectivity index (χ2v) is 5.17. The average molecular weight is 216 g/mol. The zero-order valence-electron chi connectivity index (χ0n) is 9.92. The van der Waals surface area contributed by atoms with Crippen molar-refractivity contribution in [2.75, 3.05) is 17.2 Å². The lowest BCUT2D eigenvalue weighted by Gasteiger charge is -2.30. The van der Waals surface area contributed by atoms with Crippen LogP contribution < -0.4 is 10.6 Å². The van der Waals surface area contributed by atoms with Gasteiger partial charge in [0.2, 0.25) is 0 Å². The van der Waals surface area contributed by atoms with Gasteiger partial charge in [-0.25, -0.2) is 0 Å². The molecular weight excluding hydrogens is 196 g/mol. The lowest BCUT2D eigenvalue weighted by molar-refractivity contribution is 0.342. The molecule has 2 N–H and O–H groups in total. The fourth-order valence-electron chi connectivity index (χ4n) is 3.10. The van der Waals surface area contributed by atoms with E-state index in [9.17, 15) is 0 Å². The highest BCUT2D eigenvalue weighted by Crippen LogP contribution is 2.35. The van der Waals surface area contributed by atoms with E-state index in [-0.39, 0.29) is 0 Å². The van der Waals surface area contributed by atoms with Gasteiger partial charge in [0.25, 0.3) is 0 Å². The smallest absolute Gasteiger partial charge is 0.0605 e. The Morgan fingerprint density at radius 1 is 1.19 bits per heavy atom. The van der Waals surface area contributed by atoms with E-state index in [0.29, 0.717) is 6.04 Å². The Hall–Kier alpha value is -1.18. The van der Waals surface area contributed by atoms with Gasteiger partial charge in [0, 0.05) is 12.6 Å². The van der Waals surface area contributed by atoms with Crippen molar-refractivity contribution in [3.63, 3.8) is 0 Å². The van der Waals surface area contributed by atoms with E-state index in [0.717, 1.165) is 12.5 Å². The average Bonchev–Trinajstić information content (AvgIpc) is 2.48. The van der Waals surface area contributed by atoms with Crippen molar-refractivity contribution in [1.82, 2.24) is 0 Å². The minimum Gasteiger partial charge on any atom is -0.383 e. The van der Waals surface area contributed by atoms with Gasteiger partial charge in [-0.15, -0.1) is 0 Å². The van der Waals surface area contributed by atoms with Gasteiger partial charge < -0.3 is 10.6 Å². The molecule has 1 aromatic carbocycles. The molecule has 1 aromatic rings. The van der Waals surface area contributed by atoms with Crippen LogP contribution in [0.5, 0.6) is 0 Å². The number of hydrogen-bond acceptors (Lipinski definition) is 2. The van der Waals surface area contributed by atoms with E-state index in [1.54, 1.807) is 0 Å². The summed E-state index contributed by atoms with van der Waals surface area (Å²) < 4.78 is 0. The lowest BCUT2D eigenvalue weighted by Crippen LogP contribution is -2.34. The predicted molar refractivity (Wildman–Crippen MR) is 69.0 cm³/mol. The van der Waals surface area contributed by atoms with E-state index in [1.807, 2.05) is 0 Å². The van der Waals surface area contributed by atoms with E-state index in [4.69, 9.17) is 0 Å². The number of rotatable bonds is 0. The summed E-state index contributed by atoms with van der Waals surface area (Å²) in [6.07, 6.45) is 5.49. The van der Waals surface area contributed by atoms with Crippen molar-refractivity contribution < 1.29 is 0 Å². The van der Waals surface area contributed by atoms with Crippen LogP contribution in [-0.4, -0.2) is 12.6 Å². The molecule has 0 aromatic heterocycles. The molecule has 1 saturated carbocycles. The van der Waals surface area contributed by atoms with Crippen LogP contribution in [0.4, 0.5) is 11.4 Å². The molecule has 1 fully saturated rings. The summed E-state index contributed by atoms with van der Waals surface area (Å²) in [5.74, 6) is 0.806. The van der Waals surface area contributed by atoms with Crippen LogP contribution in [0.2, 0.25) is 0 Å². The van der Waals surface area contributed by atoms with Crippen molar-refractivity contribution in [3.8, 4) is 0 Å². The maximum Gasteiger partial charge on any atom is 0.0605 e. The second kappa shape index (κ2) is 4.00. The fourth-order valence-corrected chi connectivity index (χ4v) is 3.10. The van der Waals surface area contributed by atoms with Gasteiger partial charge in [0.05, 0.1) is 11.4 Å². The Bertz CT molecular complexity index is 386. The molecule has 2 nitrogen and oxygen atoms in total. The number of hydrogen-bond donors (Lipinski definition) is 2. The van der Waals surface area contributed by atoms with Gasteiger partial charge >= 0.3 is 0 Å². The first kappa shape index (κ1) is 10.0. The molecule has 2 aliphatic rings. The standard InChI is InChI=1S/C14H20N2/c1-10-5-4-8-13-14(10)15-9-11-6-2-3-7-12(11)16-13/h4-5,8,11-12,15-16H,2-3,6-7,9H2,1H3. The summed E-state index contributed by atoms with van der Waals surface area (Å²) in [6.45, 7) is 3.32. The van der Waals surface area contributed by atoms with Crippen LogP contribution in [0, 0.1) is 12.8 Å². The zero-order valence-corrected chi connectivity index (χ0v) is 9.92. The topological polar surface area (TPSA) is 24.1 Å². The van der Waals surface area contributed by atoms with Gasteiger partial charge in [0.1, 0.15) is 0 Å². The summed E-state index contributed by atoms with van der Waals surface area (Å²) in [5, 5.41) is 7.37. The van der Waals surface area contributed by atoms with Crippen molar-refractivity contribution in [3.05, 3.63) is 23.8 Å². The van der Waals surface area contributed by atoms with Crippen LogP contribution in [0.3, 0.4) is 0 Å². The molecule has 3 rings (SSSR count). The molecule has 1 heterocycles. The normalized spacial score (nSPS) is 28.1. The lowest BCUT2D eigenvalue weighted by atomic mass is 9.84. The largest absolute Gasteiger partial charge is 0.383 e. The number of para-hydroxylation sites is 1. The molecule has 0 amide bonds. The third-order valence-corrected chi connectivity index (χ3v) is 4.06. The highest BCUT2D eigenvalue weighted by atomic mass is 15.0. The Morgan fingerprint density at radius 2 is 2.06 bits per heavy atom. The number of benzene rings is 1. The first-order chi connectivity index (χ1) is 7.84. The molecule has 16 heavy (non-hydrogen) atoms. The third kappa shape index (κ3) is 1.66. The van der Waals surface area contributed by atoms with Gasteiger partial charge in [-0.1, -0.05) is 25.0 Å². The Morgan fingerprint density at radius 3 is 3.00 bits per heavy atom. The minimum absolute atomic E-state index is 0.685. The first-order valence-corrected chi connectivity index (χ1v) is 6.44. The number of nitrogens with one attached hydrogen (secondary N) is 2. The van der Waals surface area contributed by atoms with Crippen LogP contribution in [-0.2, 0) is 0 Å². The molecule has 1 aliphatic carbocycles. The zero-order chi connectivity index (χ0) is 11.0. The molecular formula is C14H20N2. The van der Waals surface area contributed by atoms with Crippen LogP contribution in [0.15, 0.2) is 18.2 Å². The van der Waals surface area contributed by atoms with E-state index in [1.165, 1.54) is 42.6 Å². The van der Waals surface area contributed by atoms with Crippen molar-refractivity contribution in [2.24, 2.45) is 5.92 Å². The molecule has 1 aliphatic heterocycles. The molecule has 0 saturated heterocycles. The quantitative estimate of drug-likeness (QED) is 0.694. The number of anilines is 2. The Balaban J connectivity index is 1.92. The van der Waals surface area contributed by atoms with Crippen molar-refractivity contribution in [2.45, 2.75) is 38.6 Å². The fraction of sp³-hybridized carbons (Fsp3) is 0.571. The molecule has 2 atom stereocenters. The first-order valence-electron chi connectivity index (χ1n) is 6.44. The van der Waals surface area contributed by atoms with E-state index < -0.39 is 0 Å². The van der Waals surface area contributed by atoms with Gasteiger partial charge in [0.15, 0.2) is 0 Å². The van der Waals surface area contributed by atoms with E-state index in [2.05, 4.69) is 35.8 Å². The monoisotopic (exact) mass is 216 g/mol. The number of aryl methyl sites for hydroxylation is 1. The van der Waals surface area contributed by atoms with Gasteiger partial charge in [-0.05, 0) is 37.3 Å². The second-order valence-electron chi connectivity index (χ2n) is 5.17. The molecule has 0 bridgehead atoms. The van der Waals surface area contributed by atoms with Gasteiger partial charge in [-0.3, -0.25) is 0 Å². The molecule has 0 radical (unpaired) electrons. The molecule has 2 unspecified atom stereocenters. The maximum atomic E-state index is 3.74. The van der Waals surface area contributed by atoms with Crippen LogP contribution >= 0.6 is 0 Å². The summed E-state index contributed by atoms with van der Waals surface area (Å²) in [5.41, 5.74) is 3.97.